The number of amides is 1. The van der Waals surface area contributed by atoms with Gasteiger partial charge in [0.25, 0.3) is 0 Å². The van der Waals surface area contributed by atoms with Crippen molar-refractivity contribution < 1.29 is 9.90 Å². The van der Waals surface area contributed by atoms with Crippen LogP contribution in [0.4, 0.5) is 5.69 Å². The van der Waals surface area contributed by atoms with Gasteiger partial charge in [-0.3, -0.25) is 4.79 Å². The van der Waals surface area contributed by atoms with Gasteiger partial charge in [0.1, 0.15) is 0 Å². The lowest BCUT2D eigenvalue weighted by Crippen LogP contribution is -2.17. The molecule has 1 aromatic carbocycles. The van der Waals surface area contributed by atoms with E-state index >= 15 is 0 Å². The molecule has 0 saturated heterocycles. The van der Waals surface area contributed by atoms with Crippen molar-refractivity contribution in [1.29, 1.82) is 0 Å². The standard InChI is InChI=1S/C12H17NO2/c1-8(2)12(15)13-11-6-4-10(5-7-11)9(3)14/h4-9,14H,1-3H3,(H,13,15). The molecule has 0 radical (unpaired) electrons. The number of carbonyl (C=O) groups is 1. The van der Waals surface area contributed by atoms with Gasteiger partial charge in [-0.1, -0.05) is 26.0 Å². The van der Waals surface area contributed by atoms with Crippen LogP contribution in [0.3, 0.4) is 0 Å². The minimum atomic E-state index is -0.472. The van der Waals surface area contributed by atoms with Crippen LogP contribution in [0.25, 0.3) is 0 Å². The van der Waals surface area contributed by atoms with Crippen molar-refractivity contribution in [3.8, 4) is 0 Å². The lowest BCUT2D eigenvalue weighted by molar-refractivity contribution is -0.118. The number of aliphatic hydroxyl groups excluding tert-OH is 1. The molecule has 0 heterocycles. The Bertz CT molecular complexity index is 328. The molecule has 0 aromatic heterocycles. The summed E-state index contributed by atoms with van der Waals surface area (Å²) in [6.07, 6.45) is -0.472. The molecule has 1 rings (SSSR count). The summed E-state index contributed by atoms with van der Waals surface area (Å²) in [7, 11) is 0. The third-order valence-corrected chi connectivity index (χ3v) is 2.19. The summed E-state index contributed by atoms with van der Waals surface area (Å²) >= 11 is 0. The molecule has 82 valence electrons. The van der Waals surface area contributed by atoms with Crippen LogP contribution in [-0.2, 0) is 4.79 Å². The zero-order valence-electron chi connectivity index (χ0n) is 9.32. The lowest BCUT2D eigenvalue weighted by atomic mass is 10.1. The van der Waals surface area contributed by atoms with Gasteiger partial charge < -0.3 is 10.4 Å². The van der Waals surface area contributed by atoms with Gasteiger partial charge in [0, 0.05) is 11.6 Å². The largest absolute Gasteiger partial charge is 0.389 e. The van der Waals surface area contributed by atoms with Gasteiger partial charge in [-0.15, -0.1) is 0 Å². The summed E-state index contributed by atoms with van der Waals surface area (Å²) in [6, 6.07) is 7.20. The van der Waals surface area contributed by atoms with Crippen molar-refractivity contribution in [2.24, 2.45) is 5.92 Å². The lowest BCUT2D eigenvalue weighted by Gasteiger charge is -2.09. The zero-order chi connectivity index (χ0) is 11.4. The van der Waals surface area contributed by atoms with Crippen LogP contribution in [0.2, 0.25) is 0 Å². The Morgan fingerprint density at radius 3 is 2.13 bits per heavy atom. The fourth-order valence-electron chi connectivity index (χ4n) is 1.13. The maximum absolute atomic E-state index is 11.4. The SMILES string of the molecule is CC(C)C(=O)Nc1ccc(C(C)O)cc1. The first-order valence-corrected chi connectivity index (χ1v) is 5.09. The predicted molar refractivity (Wildman–Crippen MR) is 60.5 cm³/mol. The van der Waals surface area contributed by atoms with Gasteiger partial charge >= 0.3 is 0 Å². The van der Waals surface area contributed by atoms with Gasteiger partial charge in [0.2, 0.25) is 5.91 Å². The minimum Gasteiger partial charge on any atom is -0.389 e. The number of aliphatic hydroxyl groups is 1. The molecule has 1 unspecified atom stereocenters. The van der Waals surface area contributed by atoms with Crippen molar-refractivity contribution in [1.82, 2.24) is 0 Å². The molecule has 0 aliphatic carbocycles. The molecule has 0 spiro atoms. The van der Waals surface area contributed by atoms with E-state index in [0.29, 0.717) is 0 Å². The highest BCUT2D eigenvalue weighted by atomic mass is 16.3. The Morgan fingerprint density at radius 1 is 1.20 bits per heavy atom. The van der Waals surface area contributed by atoms with E-state index in [1.54, 1.807) is 31.2 Å². The molecular weight excluding hydrogens is 190 g/mol. The van der Waals surface area contributed by atoms with Crippen LogP contribution in [0.5, 0.6) is 0 Å². The monoisotopic (exact) mass is 207 g/mol. The first-order chi connectivity index (χ1) is 7.00. The minimum absolute atomic E-state index is 0.000188. The molecule has 0 aliphatic heterocycles. The summed E-state index contributed by atoms with van der Waals surface area (Å²) in [6.45, 7) is 5.40. The summed E-state index contributed by atoms with van der Waals surface area (Å²) < 4.78 is 0. The maximum atomic E-state index is 11.4. The molecule has 1 aromatic rings. The average Bonchev–Trinajstić information content (AvgIpc) is 2.18. The van der Waals surface area contributed by atoms with E-state index in [4.69, 9.17) is 0 Å². The van der Waals surface area contributed by atoms with Crippen LogP contribution in [-0.4, -0.2) is 11.0 Å². The fraction of sp³-hybridized carbons (Fsp3) is 0.417. The van der Waals surface area contributed by atoms with Gasteiger partial charge in [0.05, 0.1) is 6.10 Å². The smallest absolute Gasteiger partial charge is 0.226 e. The molecule has 2 N–H and O–H groups in total. The number of benzene rings is 1. The predicted octanol–water partition coefficient (Wildman–Crippen LogP) is 2.33. The highest BCUT2D eigenvalue weighted by molar-refractivity contribution is 5.91. The van der Waals surface area contributed by atoms with Crippen LogP contribution >= 0.6 is 0 Å². The molecular formula is C12H17NO2. The van der Waals surface area contributed by atoms with Gasteiger partial charge in [0.15, 0.2) is 0 Å². The van der Waals surface area contributed by atoms with E-state index < -0.39 is 6.10 Å². The number of nitrogens with one attached hydrogen (secondary N) is 1. The maximum Gasteiger partial charge on any atom is 0.226 e. The normalized spacial score (nSPS) is 12.6. The highest BCUT2D eigenvalue weighted by Gasteiger charge is 2.07. The van der Waals surface area contributed by atoms with Crippen LogP contribution in [0.15, 0.2) is 24.3 Å². The molecule has 3 nitrogen and oxygen atoms in total. The Labute approximate surface area is 90.1 Å². The third-order valence-electron chi connectivity index (χ3n) is 2.19. The molecule has 15 heavy (non-hydrogen) atoms. The molecule has 3 heteroatoms. The van der Waals surface area contributed by atoms with E-state index in [1.165, 1.54) is 0 Å². The van der Waals surface area contributed by atoms with Crippen LogP contribution < -0.4 is 5.32 Å². The molecule has 1 amide bonds. The third kappa shape index (κ3) is 3.36. The number of rotatable bonds is 3. The second-order valence-electron chi connectivity index (χ2n) is 3.94. The van der Waals surface area contributed by atoms with E-state index in [2.05, 4.69) is 5.32 Å². The fourth-order valence-corrected chi connectivity index (χ4v) is 1.13. The van der Waals surface area contributed by atoms with E-state index in [-0.39, 0.29) is 11.8 Å². The molecule has 1 atom stereocenters. The second kappa shape index (κ2) is 4.94. The van der Waals surface area contributed by atoms with E-state index in [1.807, 2.05) is 13.8 Å². The highest BCUT2D eigenvalue weighted by Crippen LogP contribution is 2.15. The number of anilines is 1. The second-order valence-corrected chi connectivity index (χ2v) is 3.94. The number of carbonyl (C=O) groups excluding carboxylic acids is 1. The summed E-state index contributed by atoms with van der Waals surface area (Å²) in [5.41, 5.74) is 1.61. The van der Waals surface area contributed by atoms with Gasteiger partial charge in [-0.05, 0) is 24.6 Å². The Kier molecular flexibility index (Phi) is 3.86. The Hall–Kier alpha value is -1.35. The van der Waals surface area contributed by atoms with Gasteiger partial charge in [-0.25, -0.2) is 0 Å². The number of hydrogen-bond acceptors (Lipinski definition) is 2. The average molecular weight is 207 g/mol. The van der Waals surface area contributed by atoms with Crippen molar-refractivity contribution >= 4 is 11.6 Å². The molecule has 0 fully saturated rings. The number of hydrogen-bond donors (Lipinski definition) is 2. The topological polar surface area (TPSA) is 49.3 Å². The van der Waals surface area contributed by atoms with E-state index in [9.17, 15) is 9.90 Å². The van der Waals surface area contributed by atoms with Crippen LogP contribution in [0, 0.1) is 5.92 Å². The molecule has 0 bridgehead atoms. The Morgan fingerprint density at radius 2 is 1.73 bits per heavy atom. The molecule has 0 saturated carbocycles. The summed E-state index contributed by atoms with van der Waals surface area (Å²) in [5.74, 6) is -0.0266. The van der Waals surface area contributed by atoms with Crippen molar-refractivity contribution in [2.75, 3.05) is 5.32 Å². The van der Waals surface area contributed by atoms with Crippen molar-refractivity contribution in [3.05, 3.63) is 29.8 Å². The molecule has 0 aliphatic rings. The van der Waals surface area contributed by atoms with E-state index in [0.717, 1.165) is 11.3 Å². The first kappa shape index (κ1) is 11.7. The van der Waals surface area contributed by atoms with Crippen molar-refractivity contribution in [2.45, 2.75) is 26.9 Å². The quantitative estimate of drug-likeness (QED) is 0.799. The Balaban J connectivity index is 2.69. The zero-order valence-corrected chi connectivity index (χ0v) is 9.32. The summed E-state index contributed by atoms with van der Waals surface area (Å²) in [4.78, 5) is 11.4. The first-order valence-electron chi connectivity index (χ1n) is 5.09. The van der Waals surface area contributed by atoms with Gasteiger partial charge in [-0.2, -0.15) is 0 Å². The van der Waals surface area contributed by atoms with Crippen LogP contribution in [0.1, 0.15) is 32.4 Å². The summed E-state index contributed by atoms with van der Waals surface area (Å²) in [5, 5.41) is 12.1. The van der Waals surface area contributed by atoms with Crippen molar-refractivity contribution in [3.63, 3.8) is 0 Å².